The minimum absolute atomic E-state index is 0.0624. The number of carbonyl (C=O) groups is 1. The Balaban J connectivity index is 1.98. The molecule has 0 fully saturated rings. The molecule has 0 heterocycles. The molecule has 3 aromatic rings. The Hall–Kier alpha value is -3.29. The minimum Gasteiger partial charge on any atom is -0.486 e. The Morgan fingerprint density at radius 2 is 1.70 bits per heavy atom. The maximum atomic E-state index is 15.5. The molecule has 0 spiro atoms. The summed E-state index contributed by atoms with van der Waals surface area (Å²) < 4.78 is 47.8. The van der Waals surface area contributed by atoms with Crippen LogP contribution in [0.4, 0.5) is 8.78 Å². The number of ether oxygens (including phenoxy) is 3. The van der Waals surface area contributed by atoms with E-state index in [1.54, 1.807) is 43.5 Å². The maximum Gasteiger partial charge on any atom is 0.303 e. The molecule has 0 amide bonds. The summed E-state index contributed by atoms with van der Waals surface area (Å²) in [6, 6.07) is 17.1. The molecule has 0 bridgehead atoms. The standard InChI is InChI=1S/C33H40F2O5/c1-6-10-23(20-30(36)37)24-12-9-14-29(31(24)35)40-21-22-15-16-25(26-11-7-8-13-28(26)34)27(19-22)32(33(2,3)4)39-18-17-38-5/h7-9,11-16,19,23,32H,6,10,17-18,20-21H2,1-5H3,(H,36,37)/t23-,32+/m0/s1. The Bertz CT molecular complexity index is 1270. The normalized spacial score (nSPS) is 13.2. The Morgan fingerprint density at radius 1 is 0.950 bits per heavy atom. The summed E-state index contributed by atoms with van der Waals surface area (Å²) in [7, 11) is 1.61. The smallest absolute Gasteiger partial charge is 0.303 e. The molecule has 0 saturated carbocycles. The molecule has 0 aliphatic heterocycles. The minimum atomic E-state index is -0.965. The summed E-state index contributed by atoms with van der Waals surface area (Å²) in [4.78, 5) is 11.4. The summed E-state index contributed by atoms with van der Waals surface area (Å²) in [5.74, 6) is -2.21. The highest BCUT2D eigenvalue weighted by Gasteiger charge is 2.30. The van der Waals surface area contributed by atoms with Crippen LogP contribution in [0.25, 0.3) is 11.1 Å². The van der Waals surface area contributed by atoms with Gasteiger partial charge in [0, 0.05) is 12.7 Å². The highest BCUT2D eigenvalue weighted by molar-refractivity contribution is 5.69. The quantitative estimate of drug-likeness (QED) is 0.203. The van der Waals surface area contributed by atoms with Gasteiger partial charge in [-0.3, -0.25) is 4.79 Å². The van der Waals surface area contributed by atoms with Crippen molar-refractivity contribution in [1.82, 2.24) is 0 Å². The van der Waals surface area contributed by atoms with E-state index in [0.717, 1.165) is 17.5 Å². The molecule has 0 aliphatic rings. The van der Waals surface area contributed by atoms with Gasteiger partial charge in [-0.1, -0.05) is 76.6 Å². The Kier molecular flexibility index (Phi) is 11.2. The van der Waals surface area contributed by atoms with Gasteiger partial charge in [-0.25, -0.2) is 8.78 Å². The van der Waals surface area contributed by atoms with Crippen LogP contribution < -0.4 is 4.74 Å². The Labute approximate surface area is 236 Å². The molecule has 0 aromatic heterocycles. The summed E-state index contributed by atoms with van der Waals surface area (Å²) >= 11 is 0. The summed E-state index contributed by atoms with van der Waals surface area (Å²) in [5.41, 5.74) is 2.76. The summed E-state index contributed by atoms with van der Waals surface area (Å²) in [6.45, 7) is 8.97. The first-order chi connectivity index (χ1) is 19.1. The lowest BCUT2D eigenvalue weighted by Crippen LogP contribution is -2.24. The highest BCUT2D eigenvalue weighted by atomic mass is 19.1. The zero-order valence-electron chi connectivity index (χ0n) is 24.0. The van der Waals surface area contributed by atoms with Crippen molar-refractivity contribution in [2.24, 2.45) is 5.41 Å². The fourth-order valence-electron chi connectivity index (χ4n) is 4.94. The number of aliphatic carboxylic acids is 1. The van der Waals surface area contributed by atoms with Gasteiger partial charge in [0.25, 0.3) is 0 Å². The van der Waals surface area contributed by atoms with E-state index in [2.05, 4.69) is 20.8 Å². The van der Waals surface area contributed by atoms with Gasteiger partial charge in [-0.15, -0.1) is 0 Å². The first-order valence-electron chi connectivity index (χ1n) is 13.7. The molecule has 3 aromatic carbocycles. The average Bonchev–Trinajstić information content (AvgIpc) is 2.90. The van der Waals surface area contributed by atoms with Gasteiger partial charge in [0.15, 0.2) is 11.6 Å². The monoisotopic (exact) mass is 554 g/mol. The van der Waals surface area contributed by atoms with Crippen LogP contribution in [-0.4, -0.2) is 31.4 Å². The highest BCUT2D eigenvalue weighted by Crippen LogP contribution is 2.42. The first-order valence-corrected chi connectivity index (χ1v) is 13.7. The van der Waals surface area contributed by atoms with Crippen LogP contribution in [-0.2, 0) is 20.9 Å². The third-order valence-corrected chi connectivity index (χ3v) is 6.81. The zero-order valence-corrected chi connectivity index (χ0v) is 24.0. The van der Waals surface area contributed by atoms with Crippen molar-refractivity contribution in [2.75, 3.05) is 20.3 Å². The van der Waals surface area contributed by atoms with E-state index in [9.17, 15) is 14.3 Å². The van der Waals surface area contributed by atoms with Gasteiger partial charge in [0.2, 0.25) is 0 Å². The summed E-state index contributed by atoms with van der Waals surface area (Å²) in [5, 5.41) is 9.31. The lowest BCUT2D eigenvalue weighted by Gasteiger charge is -2.33. The van der Waals surface area contributed by atoms with Crippen LogP contribution >= 0.6 is 0 Å². The van der Waals surface area contributed by atoms with Crippen molar-refractivity contribution < 1.29 is 32.9 Å². The largest absolute Gasteiger partial charge is 0.486 e. The number of carboxylic acids is 1. The van der Waals surface area contributed by atoms with E-state index >= 15 is 4.39 Å². The topological polar surface area (TPSA) is 65.0 Å². The number of hydrogen-bond donors (Lipinski definition) is 1. The number of hydrogen-bond acceptors (Lipinski definition) is 4. The molecule has 5 nitrogen and oxygen atoms in total. The van der Waals surface area contributed by atoms with Crippen molar-refractivity contribution in [1.29, 1.82) is 0 Å². The van der Waals surface area contributed by atoms with Gasteiger partial charge >= 0.3 is 5.97 Å². The van der Waals surface area contributed by atoms with Gasteiger partial charge in [0.05, 0.1) is 25.7 Å². The van der Waals surface area contributed by atoms with Gasteiger partial charge in [-0.2, -0.15) is 0 Å². The van der Waals surface area contributed by atoms with Crippen molar-refractivity contribution >= 4 is 5.97 Å². The molecule has 7 heteroatoms. The second-order valence-electron chi connectivity index (χ2n) is 11.0. The average molecular weight is 555 g/mol. The molecule has 0 saturated heterocycles. The molecule has 0 aliphatic carbocycles. The molecule has 1 N–H and O–H groups in total. The molecule has 0 unspecified atom stereocenters. The summed E-state index contributed by atoms with van der Waals surface area (Å²) in [6.07, 6.45) is 0.765. The fourth-order valence-corrected chi connectivity index (χ4v) is 4.94. The number of benzene rings is 3. The van der Waals surface area contributed by atoms with E-state index in [1.165, 1.54) is 6.07 Å². The number of methoxy groups -OCH3 is 1. The van der Waals surface area contributed by atoms with Crippen molar-refractivity contribution in [3.05, 3.63) is 89.0 Å². The Morgan fingerprint density at radius 3 is 2.35 bits per heavy atom. The van der Waals surface area contributed by atoms with Crippen LogP contribution in [0.1, 0.15) is 75.7 Å². The molecule has 40 heavy (non-hydrogen) atoms. The number of rotatable bonds is 14. The molecular weight excluding hydrogens is 514 g/mol. The second kappa shape index (κ2) is 14.4. The predicted octanol–water partition coefficient (Wildman–Crippen LogP) is 8.32. The molecular formula is C33H40F2O5. The fraction of sp³-hybridized carbons (Fsp3) is 0.424. The predicted molar refractivity (Wildman–Crippen MR) is 152 cm³/mol. The van der Waals surface area contributed by atoms with Crippen LogP contribution in [0.2, 0.25) is 0 Å². The van der Waals surface area contributed by atoms with Crippen LogP contribution in [0.3, 0.4) is 0 Å². The van der Waals surface area contributed by atoms with E-state index in [-0.39, 0.29) is 36.1 Å². The van der Waals surface area contributed by atoms with E-state index in [1.807, 2.05) is 25.1 Å². The SMILES string of the molecule is CCC[C@@H](CC(=O)O)c1cccc(OCc2ccc(-c3ccccc3F)c([C@@H](OCCOC)C(C)(C)C)c2)c1F. The second-order valence-corrected chi connectivity index (χ2v) is 11.0. The van der Waals surface area contributed by atoms with Crippen LogP contribution in [0.15, 0.2) is 60.7 Å². The number of halogens is 2. The van der Waals surface area contributed by atoms with Crippen molar-refractivity contribution in [3.63, 3.8) is 0 Å². The third kappa shape index (κ3) is 8.12. The van der Waals surface area contributed by atoms with E-state index < -0.39 is 17.7 Å². The van der Waals surface area contributed by atoms with Crippen molar-refractivity contribution in [3.8, 4) is 16.9 Å². The lowest BCUT2D eigenvalue weighted by atomic mass is 9.81. The number of carboxylic acid groups (broad SMARTS) is 1. The first kappa shape index (κ1) is 31.2. The third-order valence-electron chi connectivity index (χ3n) is 6.81. The molecule has 3 rings (SSSR count). The lowest BCUT2D eigenvalue weighted by molar-refractivity contribution is -0.137. The van der Waals surface area contributed by atoms with Crippen LogP contribution in [0.5, 0.6) is 5.75 Å². The van der Waals surface area contributed by atoms with E-state index in [4.69, 9.17) is 14.2 Å². The molecule has 0 radical (unpaired) electrons. The van der Waals surface area contributed by atoms with Gasteiger partial charge < -0.3 is 19.3 Å². The van der Waals surface area contributed by atoms with Crippen LogP contribution in [0, 0.1) is 17.0 Å². The van der Waals surface area contributed by atoms with E-state index in [0.29, 0.717) is 36.3 Å². The van der Waals surface area contributed by atoms with Crippen molar-refractivity contribution in [2.45, 2.75) is 65.6 Å². The zero-order chi connectivity index (χ0) is 29.3. The molecule has 216 valence electrons. The van der Waals surface area contributed by atoms with Gasteiger partial charge in [0.1, 0.15) is 12.4 Å². The molecule has 2 atom stereocenters. The maximum absolute atomic E-state index is 15.5. The van der Waals surface area contributed by atoms with Gasteiger partial charge in [-0.05, 0) is 58.2 Å².